The molecule has 1 aliphatic heterocycles. The molecule has 12 nitrogen and oxygen atoms in total. The van der Waals surface area contributed by atoms with Gasteiger partial charge in [0.2, 0.25) is 11.8 Å². The summed E-state index contributed by atoms with van der Waals surface area (Å²) >= 11 is 0. The van der Waals surface area contributed by atoms with Gasteiger partial charge in [0, 0.05) is 39.0 Å². The number of nitrogens with one attached hydrogen (secondary N) is 2. The monoisotopic (exact) mass is 517 g/mol. The van der Waals surface area contributed by atoms with E-state index < -0.39 is 0 Å². The van der Waals surface area contributed by atoms with E-state index in [1.54, 1.807) is 25.6 Å². The van der Waals surface area contributed by atoms with Gasteiger partial charge in [-0.3, -0.25) is 0 Å². The number of unbranched alkanes of at least 4 members (excludes halogenated alkanes) is 1. The standard InChI is InChI=1S/C26H35N11O/c1-4-5-12-29-24-22(33-34-23-20(16-27)17-37(35-23)21-11-7-8-13-28-21)25(30-19(2)18-38-3)32-26(31-24)36-14-9-6-10-15-36/h7-8,11,13,17,19H,4-6,9-10,12,14-15,18H2,1-3H3,(H2,29,30,31,32)/b34-33-. The fourth-order valence-corrected chi connectivity index (χ4v) is 4.13. The van der Waals surface area contributed by atoms with E-state index in [0.29, 0.717) is 35.7 Å². The number of azo groups is 1. The summed E-state index contributed by atoms with van der Waals surface area (Å²) in [4.78, 5) is 16.2. The Morgan fingerprint density at radius 2 is 1.97 bits per heavy atom. The van der Waals surface area contributed by atoms with Crippen LogP contribution in [0.15, 0.2) is 40.8 Å². The Bertz CT molecular complexity index is 1250. The van der Waals surface area contributed by atoms with Crippen molar-refractivity contribution >= 4 is 29.1 Å². The molecule has 0 aromatic carbocycles. The lowest BCUT2D eigenvalue weighted by molar-refractivity contribution is 0.190. The lowest BCUT2D eigenvalue weighted by Gasteiger charge is -2.28. The molecule has 1 saturated heterocycles. The zero-order valence-corrected chi connectivity index (χ0v) is 22.3. The largest absolute Gasteiger partial charge is 0.383 e. The van der Waals surface area contributed by atoms with Gasteiger partial charge in [-0.25, -0.2) is 9.67 Å². The summed E-state index contributed by atoms with van der Waals surface area (Å²) in [5, 5.41) is 29.9. The molecule has 1 unspecified atom stereocenters. The smallest absolute Gasteiger partial charge is 0.229 e. The van der Waals surface area contributed by atoms with Crippen molar-refractivity contribution in [3.05, 3.63) is 36.2 Å². The average Bonchev–Trinajstić information content (AvgIpc) is 3.37. The van der Waals surface area contributed by atoms with E-state index in [0.717, 1.165) is 45.3 Å². The quantitative estimate of drug-likeness (QED) is 0.251. The Kier molecular flexibility index (Phi) is 9.53. The minimum Gasteiger partial charge on any atom is -0.383 e. The zero-order valence-electron chi connectivity index (χ0n) is 22.3. The number of aromatic nitrogens is 5. The molecule has 0 aliphatic carbocycles. The zero-order chi connectivity index (χ0) is 26.7. The van der Waals surface area contributed by atoms with E-state index in [9.17, 15) is 5.26 Å². The van der Waals surface area contributed by atoms with Crippen LogP contribution in [0, 0.1) is 11.3 Å². The van der Waals surface area contributed by atoms with Crippen LogP contribution in [0.2, 0.25) is 0 Å². The number of anilines is 3. The lowest BCUT2D eigenvalue weighted by Crippen LogP contribution is -2.32. The number of ether oxygens (including phenoxy) is 1. The van der Waals surface area contributed by atoms with E-state index in [1.807, 2.05) is 19.1 Å². The minimum atomic E-state index is -0.0282. The molecule has 200 valence electrons. The predicted octanol–water partition coefficient (Wildman–Crippen LogP) is 4.99. The summed E-state index contributed by atoms with van der Waals surface area (Å²) in [5.41, 5.74) is 0.745. The molecule has 1 aliphatic rings. The van der Waals surface area contributed by atoms with Crippen LogP contribution in [-0.2, 0) is 4.74 Å². The van der Waals surface area contributed by atoms with E-state index in [4.69, 9.17) is 14.7 Å². The second-order valence-electron chi connectivity index (χ2n) is 9.21. The highest BCUT2D eigenvalue weighted by molar-refractivity contribution is 5.76. The van der Waals surface area contributed by atoms with Gasteiger partial charge in [-0.2, -0.15) is 15.2 Å². The van der Waals surface area contributed by atoms with Crippen molar-refractivity contribution in [2.75, 3.05) is 48.9 Å². The van der Waals surface area contributed by atoms with Gasteiger partial charge in [0.1, 0.15) is 11.6 Å². The van der Waals surface area contributed by atoms with Crippen LogP contribution in [0.1, 0.15) is 51.5 Å². The Morgan fingerprint density at radius 3 is 2.68 bits per heavy atom. The van der Waals surface area contributed by atoms with Gasteiger partial charge < -0.3 is 20.3 Å². The predicted molar refractivity (Wildman–Crippen MR) is 147 cm³/mol. The molecule has 0 spiro atoms. The first-order valence-corrected chi connectivity index (χ1v) is 13.1. The molecule has 3 aromatic heterocycles. The van der Waals surface area contributed by atoms with Crippen molar-refractivity contribution in [2.45, 2.75) is 52.0 Å². The Hall–Kier alpha value is -4.11. The number of nitriles is 1. The Morgan fingerprint density at radius 1 is 1.16 bits per heavy atom. The first-order valence-electron chi connectivity index (χ1n) is 13.1. The molecule has 3 aromatic rings. The van der Waals surface area contributed by atoms with Gasteiger partial charge in [0.25, 0.3) is 0 Å². The number of hydrogen-bond acceptors (Lipinski definition) is 11. The van der Waals surface area contributed by atoms with Crippen LogP contribution >= 0.6 is 0 Å². The first-order chi connectivity index (χ1) is 18.6. The number of pyridine rings is 1. The van der Waals surface area contributed by atoms with Crippen molar-refractivity contribution in [3.63, 3.8) is 0 Å². The Labute approximate surface area is 223 Å². The van der Waals surface area contributed by atoms with Crippen LogP contribution in [-0.4, -0.2) is 64.1 Å². The number of hydrogen-bond donors (Lipinski definition) is 2. The molecule has 1 fully saturated rings. The van der Waals surface area contributed by atoms with Gasteiger partial charge in [0.15, 0.2) is 23.1 Å². The third kappa shape index (κ3) is 6.80. The molecule has 0 radical (unpaired) electrons. The molecule has 0 saturated carbocycles. The third-order valence-corrected chi connectivity index (χ3v) is 6.08. The normalized spacial score (nSPS) is 14.4. The van der Waals surface area contributed by atoms with E-state index in [1.165, 1.54) is 11.1 Å². The van der Waals surface area contributed by atoms with Gasteiger partial charge in [-0.1, -0.05) is 19.4 Å². The SMILES string of the molecule is CCCCNc1nc(N2CCCCC2)nc(NC(C)COC)c1/N=N\c1nn(-c2ccccn2)cc1C#N. The second-order valence-corrected chi connectivity index (χ2v) is 9.21. The van der Waals surface area contributed by atoms with Gasteiger partial charge in [-0.05, 0) is 44.7 Å². The highest BCUT2D eigenvalue weighted by Crippen LogP contribution is 2.35. The molecule has 12 heteroatoms. The summed E-state index contributed by atoms with van der Waals surface area (Å²) in [6.45, 7) is 7.21. The van der Waals surface area contributed by atoms with E-state index in [-0.39, 0.29) is 17.4 Å². The van der Waals surface area contributed by atoms with Crippen LogP contribution in [0.4, 0.5) is 29.1 Å². The highest BCUT2D eigenvalue weighted by atomic mass is 16.5. The molecule has 4 heterocycles. The van der Waals surface area contributed by atoms with Crippen molar-refractivity contribution < 1.29 is 4.74 Å². The third-order valence-electron chi connectivity index (χ3n) is 6.08. The first kappa shape index (κ1) is 26.9. The maximum absolute atomic E-state index is 9.69. The average molecular weight is 518 g/mol. The van der Waals surface area contributed by atoms with Crippen molar-refractivity contribution in [3.8, 4) is 11.9 Å². The molecule has 2 N–H and O–H groups in total. The molecule has 38 heavy (non-hydrogen) atoms. The molecule has 0 bridgehead atoms. The van der Waals surface area contributed by atoms with E-state index in [2.05, 4.69) is 48.8 Å². The molecular weight excluding hydrogens is 482 g/mol. The highest BCUT2D eigenvalue weighted by Gasteiger charge is 2.21. The fourth-order valence-electron chi connectivity index (χ4n) is 4.13. The van der Waals surface area contributed by atoms with Crippen LogP contribution in [0.3, 0.4) is 0 Å². The molecular formula is C26H35N11O. The molecule has 4 rings (SSSR count). The summed E-state index contributed by atoms with van der Waals surface area (Å²) in [5.74, 6) is 2.57. The summed E-state index contributed by atoms with van der Waals surface area (Å²) < 4.78 is 6.85. The van der Waals surface area contributed by atoms with Crippen molar-refractivity contribution in [2.24, 2.45) is 10.2 Å². The van der Waals surface area contributed by atoms with Gasteiger partial charge >= 0.3 is 0 Å². The fraction of sp³-hybridized carbons (Fsp3) is 0.500. The topological polar surface area (TPSA) is 142 Å². The second kappa shape index (κ2) is 13.4. The summed E-state index contributed by atoms with van der Waals surface area (Å²) in [6, 6.07) is 7.59. The minimum absolute atomic E-state index is 0.0282. The van der Waals surface area contributed by atoms with Gasteiger partial charge in [-0.15, -0.1) is 15.3 Å². The van der Waals surface area contributed by atoms with Crippen molar-refractivity contribution in [1.82, 2.24) is 24.7 Å². The molecule has 0 amide bonds. The van der Waals surface area contributed by atoms with Crippen LogP contribution in [0.25, 0.3) is 5.82 Å². The number of methoxy groups -OCH3 is 1. The lowest BCUT2D eigenvalue weighted by atomic mass is 10.1. The number of nitrogens with zero attached hydrogens (tertiary/aromatic N) is 9. The Balaban J connectivity index is 1.75. The maximum atomic E-state index is 9.69. The van der Waals surface area contributed by atoms with E-state index >= 15 is 0 Å². The summed E-state index contributed by atoms with van der Waals surface area (Å²) in [7, 11) is 1.66. The maximum Gasteiger partial charge on any atom is 0.229 e. The van der Waals surface area contributed by atoms with Crippen LogP contribution < -0.4 is 15.5 Å². The summed E-state index contributed by atoms with van der Waals surface area (Å²) in [6.07, 6.45) is 8.72. The number of piperidine rings is 1. The van der Waals surface area contributed by atoms with Gasteiger partial charge in [0.05, 0.1) is 12.8 Å². The number of rotatable bonds is 12. The molecule has 1 atom stereocenters. The van der Waals surface area contributed by atoms with Crippen molar-refractivity contribution in [1.29, 1.82) is 5.26 Å². The van der Waals surface area contributed by atoms with Crippen LogP contribution in [0.5, 0.6) is 0 Å².